The molecule has 0 bridgehead atoms. The standard InChI is InChI=1S/C15H19ClN4O5S2/c1-19-10-17-18-15(19)26(21,22)12-5-7-20(8-6-12)27(23,24)14-9-11(16)3-4-13(14)25-2/h3-4,9-10,12H,5-8H2,1-2H3. The Morgan fingerprint density at radius 1 is 1.19 bits per heavy atom. The quantitative estimate of drug-likeness (QED) is 0.692. The monoisotopic (exact) mass is 434 g/mol. The highest BCUT2D eigenvalue weighted by Crippen LogP contribution is 2.32. The molecule has 0 amide bonds. The lowest BCUT2D eigenvalue weighted by Gasteiger charge is -2.31. The van der Waals surface area contributed by atoms with E-state index in [1.165, 1.54) is 34.4 Å². The summed E-state index contributed by atoms with van der Waals surface area (Å²) in [5, 5.41) is 6.72. The number of nitrogens with zero attached hydrogens (tertiary/aromatic N) is 4. The van der Waals surface area contributed by atoms with Crippen molar-refractivity contribution in [2.75, 3.05) is 20.2 Å². The Hall–Kier alpha value is -1.69. The Morgan fingerprint density at radius 2 is 1.85 bits per heavy atom. The third kappa shape index (κ3) is 3.68. The van der Waals surface area contributed by atoms with Crippen molar-refractivity contribution in [3.8, 4) is 5.75 Å². The average Bonchev–Trinajstić information content (AvgIpc) is 3.08. The third-order valence-electron chi connectivity index (χ3n) is 4.51. The van der Waals surface area contributed by atoms with Crippen molar-refractivity contribution in [2.24, 2.45) is 7.05 Å². The van der Waals surface area contributed by atoms with Crippen molar-refractivity contribution in [1.29, 1.82) is 0 Å². The second-order valence-electron chi connectivity index (χ2n) is 6.17. The van der Waals surface area contributed by atoms with E-state index in [2.05, 4.69) is 10.2 Å². The van der Waals surface area contributed by atoms with Crippen molar-refractivity contribution >= 4 is 31.5 Å². The lowest BCUT2D eigenvalue weighted by Crippen LogP contribution is -2.42. The van der Waals surface area contributed by atoms with Crippen molar-refractivity contribution in [3.63, 3.8) is 0 Å². The summed E-state index contributed by atoms with van der Waals surface area (Å²) in [6.07, 6.45) is 1.65. The number of methoxy groups -OCH3 is 1. The molecule has 0 atom stereocenters. The highest BCUT2D eigenvalue weighted by atomic mass is 35.5. The van der Waals surface area contributed by atoms with Crippen LogP contribution in [-0.2, 0) is 26.9 Å². The van der Waals surface area contributed by atoms with E-state index in [1.807, 2.05) is 0 Å². The Labute approximate surface area is 162 Å². The van der Waals surface area contributed by atoms with Crippen LogP contribution in [0.3, 0.4) is 0 Å². The molecule has 1 aliphatic heterocycles. The predicted molar refractivity (Wildman–Crippen MR) is 98.0 cm³/mol. The molecule has 0 spiro atoms. The summed E-state index contributed by atoms with van der Waals surface area (Å²) in [6, 6.07) is 4.36. The summed E-state index contributed by atoms with van der Waals surface area (Å²) in [6.45, 7) is 0.138. The maximum atomic E-state index is 13.0. The molecule has 1 saturated heterocycles. The Morgan fingerprint density at radius 3 is 2.41 bits per heavy atom. The Kier molecular flexibility index (Phi) is 5.48. The number of rotatable bonds is 5. The number of hydrogen-bond donors (Lipinski definition) is 0. The van der Waals surface area contributed by atoms with Gasteiger partial charge in [-0.25, -0.2) is 16.8 Å². The lowest BCUT2D eigenvalue weighted by atomic mass is 10.2. The molecule has 1 aromatic carbocycles. The van der Waals surface area contributed by atoms with Crippen LogP contribution in [0.4, 0.5) is 0 Å². The summed E-state index contributed by atoms with van der Waals surface area (Å²) in [5.41, 5.74) is 0. The maximum absolute atomic E-state index is 13.0. The molecular weight excluding hydrogens is 416 g/mol. The number of hydrogen-bond acceptors (Lipinski definition) is 7. The predicted octanol–water partition coefficient (Wildman–Crippen LogP) is 1.10. The minimum Gasteiger partial charge on any atom is -0.495 e. The largest absolute Gasteiger partial charge is 0.495 e. The highest BCUT2D eigenvalue weighted by Gasteiger charge is 2.38. The summed E-state index contributed by atoms with van der Waals surface area (Å²) >= 11 is 5.94. The number of benzene rings is 1. The molecule has 12 heteroatoms. The molecule has 1 aromatic heterocycles. The van der Waals surface area contributed by atoms with E-state index >= 15 is 0 Å². The van der Waals surface area contributed by atoms with Gasteiger partial charge >= 0.3 is 0 Å². The molecule has 9 nitrogen and oxygen atoms in total. The van der Waals surface area contributed by atoms with E-state index in [-0.39, 0.29) is 46.8 Å². The lowest BCUT2D eigenvalue weighted by molar-refractivity contribution is 0.341. The van der Waals surface area contributed by atoms with Gasteiger partial charge in [-0.2, -0.15) is 4.31 Å². The van der Waals surface area contributed by atoms with Gasteiger partial charge in [0.1, 0.15) is 17.0 Å². The second-order valence-corrected chi connectivity index (χ2v) is 10.6. The van der Waals surface area contributed by atoms with Gasteiger partial charge in [-0.05, 0) is 31.0 Å². The number of sulfonamides is 1. The minimum absolute atomic E-state index is 0.0351. The normalized spacial score (nSPS) is 17.1. The number of aryl methyl sites for hydroxylation is 1. The van der Waals surface area contributed by atoms with E-state index in [0.29, 0.717) is 0 Å². The average molecular weight is 435 g/mol. The zero-order valence-electron chi connectivity index (χ0n) is 14.7. The van der Waals surface area contributed by atoms with Gasteiger partial charge in [0, 0.05) is 25.2 Å². The molecule has 2 aromatic rings. The molecule has 1 fully saturated rings. The van der Waals surface area contributed by atoms with Crippen LogP contribution in [0.2, 0.25) is 5.02 Å². The van der Waals surface area contributed by atoms with Gasteiger partial charge in [0.2, 0.25) is 25.0 Å². The fraction of sp³-hybridized carbons (Fsp3) is 0.467. The molecule has 1 aliphatic rings. The van der Waals surface area contributed by atoms with Crippen LogP contribution < -0.4 is 4.74 Å². The Bertz CT molecular complexity index is 1040. The van der Waals surface area contributed by atoms with Gasteiger partial charge in [0.15, 0.2) is 0 Å². The maximum Gasteiger partial charge on any atom is 0.249 e. The number of ether oxygens (including phenoxy) is 1. The fourth-order valence-electron chi connectivity index (χ4n) is 3.05. The molecule has 27 heavy (non-hydrogen) atoms. The van der Waals surface area contributed by atoms with Crippen LogP contribution in [0.25, 0.3) is 0 Å². The zero-order chi connectivity index (χ0) is 19.8. The second kappa shape index (κ2) is 7.38. The van der Waals surface area contributed by atoms with Gasteiger partial charge in [-0.1, -0.05) is 11.6 Å². The molecule has 0 aliphatic carbocycles. The summed E-state index contributed by atoms with van der Waals surface area (Å²) in [7, 11) is -4.61. The van der Waals surface area contributed by atoms with E-state index < -0.39 is 25.1 Å². The molecule has 3 rings (SSSR count). The summed E-state index contributed by atoms with van der Waals surface area (Å²) in [4.78, 5) is -0.0351. The fourth-order valence-corrected chi connectivity index (χ4v) is 6.68. The minimum atomic E-state index is -3.86. The first-order valence-corrected chi connectivity index (χ1v) is 11.5. The van der Waals surface area contributed by atoms with E-state index in [1.54, 1.807) is 13.1 Å². The van der Waals surface area contributed by atoms with E-state index in [0.717, 1.165) is 0 Å². The van der Waals surface area contributed by atoms with Crippen LogP contribution in [-0.4, -0.2) is 61.4 Å². The Balaban J connectivity index is 1.82. The van der Waals surface area contributed by atoms with Gasteiger partial charge in [-0.15, -0.1) is 10.2 Å². The number of sulfone groups is 1. The van der Waals surface area contributed by atoms with Crippen LogP contribution in [0.1, 0.15) is 12.8 Å². The smallest absolute Gasteiger partial charge is 0.249 e. The number of halogens is 1. The number of piperidine rings is 1. The summed E-state index contributed by atoms with van der Waals surface area (Å²) in [5.74, 6) is 0.188. The first kappa shape index (κ1) is 20.1. The zero-order valence-corrected chi connectivity index (χ0v) is 17.1. The molecule has 148 valence electrons. The van der Waals surface area contributed by atoms with E-state index in [9.17, 15) is 16.8 Å². The van der Waals surface area contributed by atoms with Crippen molar-refractivity contribution in [3.05, 3.63) is 29.5 Å². The molecule has 0 radical (unpaired) electrons. The first-order chi connectivity index (χ1) is 12.7. The van der Waals surface area contributed by atoms with Crippen LogP contribution in [0.15, 0.2) is 34.6 Å². The van der Waals surface area contributed by atoms with Gasteiger partial charge in [0.25, 0.3) is 0 Å². The molecule has 0 saturated carbocycles. The topological polar surface area (TPSA) is 111 Å². The molecule has 2 heterocycles. The van der Waals surface area contributed by atoms with E-state index in [4.69, 9.17) is 16.3 Å². The molecular formula is C15H19ClN4O5S2. The van der Waals surface area contributed by atoms with Gasteiger partial charge in [-0.3, -0.25) is 0 Å². The first-order valence-electron chi connectivity index (χ1n) is 8.09. The number of aromatic nitrogens is 3. The van der Waals surface area contributed by atoms with Crippen molar-refractivity contribution in [1.82, 2.24) is 19.1 Å². The van der Waals surface area contributed by atoms with Crippen LogP contribution in [0, 0.1) is 0 Å². The van der Waals surface area contributed by atoms with Crippen LogP contribution >= 0.6 is 11.6 Å². The molecule has 0 N–H and O–H groups in total. The highest BCUT2D eigenvalue weighted by molar-refractivity contribution is 7.92. The van der Waals surface area contributed by atoms with Crippen molar-refractivity contribution in [2.45, 2.75) is 28.1 Å². The van der Waals surface area contributed by atoms with Gasteiger partial charge in [0.05, 0.1) is 12.4 Å². The van der Waals surface area contributed by atoms with Crippen molar-refractivity contribution < 1.29 is 21.6 Å². The molecule has 0 unspecified atom stereocenters. The van der Waals surface area contributed by atoms with Gasteiger partial charge < -0.3 is 9.30 Å². The SMILES string of the molecule is COc1ccc(Cl)cc1S(=O)(=O)N1CCC(S(=O)(=O)c2nncn2C)CC1. The third-order valence-corrected chi connectivity index (χ3v) is 8.89. The van der Waals surface area contributed by atoms with Crippen LogP contribution in [0.5, 0.6) is 5.75 Å². The summed E-state index contributed by atoms with van der Waals surface area (Å²) < 4.78 is 59.1.